The van der Waals surface area contributed by atoms with E-state index in [0.29, 0.717) is 13.0 Å². The van der Waals surface area contributed by atoms with Gasteiger partial charge in [0.25, 0.3) is 0 Å². The van der Waals surface area contributed by atoms with Crippen LogP contribution in [0.25, 0.3) is 0 Å². The number of ether oxygens (including phenoxy) is 1. The zero-order chi connectivity index (χ0) is 15.0. The lowest BCUT2D eigenvalue weighted by Crippen LogP contribution is -2.32. The van der Waals surface area contributed by atoms with Crippen molar-refractivity contribution in [2.75, 3.05) is 6.61 Å². The molecule has 1 aliphatic rings. The fraction of sp³-hybridized carbons (Fsp3) is 0.474. The van der Waals surface area contributed by atoms with E-state index < -0.39 is 5.60 Å². The molecular formula is C19H26O2. The number of benzene rings is 1. The third-order valence-corrected chi connectivity index (χ3v) is 4.11. The Morgan fingerprint density at radius 3 is 2.86 bits per heavy atom. The first-order valence-corrected chi connectivity index (χ1v) is 7.89. The first kappa shape index (κ1) is 16.0. The van der Waals surface area contributed by atoms with Gasteiger partial charge in [-0.1, -0.05) is 42.5 Å². The molecule has 1 aromatic carbocycles. The van der Waals surface area contributed by atoms with Crippen LogP contribution in [0.5, 0.6) is 0 Å². The molecule has 0 spiro atoms. The van der Waals surface area contributed by atoms with Gasteiger partial charge in [-0.15, -0.1) is 6.58 Å². The highest BCUT2D eigenvalue weighted by Gasteiger charge is 2.31. The van der Waals surface area contributed by atoms with Gasteiger partial charge in [0, 0.05) is 6.61 Å². The lowest BCUT2D eigenvalue weighted by molar-refractivity contribution is 0.0578. The van der Waals surface area contributed by atoms with Crippen molar-refractivity contribution in [2.45, 2.75) is 50.7 Å². The summed E-state index contributed by atoms with van der Waals surface area (Å²) in [6.07, 6.45) is 9.57. The van der Waals surface area contributed by atoms with Crippen molar-refractivity contribution < 1.29 is 9.84 Å². The highest BCUT2D eigenvalue weighted by Crippen LogP contribution is 2.35. The summed E-state index contributed by atoms with van der Waals surface area (Å²) in [5.74, 6) is 0. The topological polar surface area (TPSA) is 29.5 Å². The molecule has 0 radical (unpaired) electrons. The van der Waals surface area contributed by atoms with Crippen molar-refractivity contribution in [3.8, 4) is 0 Å². The van der Waals surface area contributed by atoms with E-state index in [2.05, 4.69) is 24.8 Å². The second-order valence-electron chi connectivity index (χ2n) is 5.79. The van der Waals surface area contributed by atoms with Crippen LogP contribution in [-0.4, -0.2) is 17.3 Å². The minimum absolute atomic E-state index is 0.653. The van der Waals surface area contributed by atoms with Crippen molar-refractivity contribution in [3.63, 3.8) is 0 Å². The standard InChI is InChI=1S/C19H26O2/c1-2-13-19(20)14-7-6-11-18(19)12-8-15-21-16-17-9-4-3-5-10-17/h2-5,9-11,20H,1,6-8,12-16H2/t19-/m0/s1. The summed E-state index contributed by atoms with van der Waals surface area (Å²) in [4.78, 5) is 0. The summed E-state index contributed by atoms with van der Waals surface area (Å²) < 4.78 is 5.71. The second kappa shape index (κ2) is 8.16. The molecule has 0 saturated heterocycles. The Morgan fingerprint density at radius 2 is 2.10 bits per heavy atom. The fourth-order valence-electron chi connectivity index (χ4n) is 2.96. The maximum Gasteiger partial charge on any atom is 0.0891 e. The molecule has 1 atom stereocenters. The Labute approximate surface area is 128 Å². The van der Waals surface area contributed by atoms with Gasteiger partial charge in [0.2, 0.25) is 0 Å². The number of allylic oxidation sites excluding steroid dienone is 1. The van der Waals surface area contributed by atoms with Gasteiger partial charge in [-0.25, -0.2) is 0 Å². The average Bonchev–Trinajstić information content (AvgIpc) is 2.50. The van der Waals surface area contributed by atoms with E-state index in [9.17, 15) is 5.11 Å². The largest absolute Gasteiger partial charge is 0.385 e. The van der Waals surface area contributed by atoms with Crippen LogP contribution in [0.1, 0.15) is 44.1 Å². The van der Waals surface area contributed by atoms with Crippen LogP contribution in [-0.2, 0) is 11.3 Å². The lowest BCUT2D eigenvalue weighted by Gasteiger charge is -2.33. The predicted molar refractivity (Wildman–Crippen MR) is 87.0 cm³/mol. The van der Waals surface area contributed by atoms with E-state index in [1.165, 1.54) is 11.1 Å². The lowest BCUT2D eigenvalue weighted by atomic mass is 9.79. The van der Waals surface area contributed by atoms with Crippen LogP contribution < -0.4 is 0 Å². The summed E-state index contributed by atoms with van der Waals surface area (Å²) in [5, 5.41) is 10.7. The highest BCUT2D eigenvalue weighted by atomic mass is 16.5. The fourth-order valence-corrected chi connectivity index (χ4v) is 2.96. The normalized spacial score (nSPS) is 21.9. The quantitative estimate of drug-likeness (QED) is 0.567. The molecule has 2 rings (SSSR count). The molecule has 0 fully saturated rings. The molecule has 1 aliphatic carbocycles. The van der Waals surface area contributed by atoms with E-state index >= 15 is 0 Å². The van der Waals surface area contributed by atoms with E-state index in [4.69, 9.17) is 4.74 Å². The highest BCUT2D eigenvalue weighted by molar-refractivity contribution is 5.21. The Kier molecular flexibility index (Phi) is 6.21. The zero-order valence-corrected chi connectivity index (χ0v) is 12.8. The first-order chi connectivity index (χ1) is 10.2. The van der Waals surface area contributed by atoms with Gasteiger partial charge < -0.3 is 9.84 Å². The Bertz CT molecular complexity index is 464. The molecule has 2 nitrogen and oxygen atoms in total. The molecule has 0 saturated carbocycles. The Morgan fingerprint density at radius 1 is 1.29 bits per heavy atom. The number of rotatable bonds is 8. The summed E-state index contributed by atoms with van der Waals surface area (Å²) in [7, 11) is 0. The average molecular weight is 286 g/mol. The van der Waals surface area contributed by atoms with E-state index in [-0.39, 0.29) is 0 Å². The van der Waals surface area contributed by atoms with E-state index in [1.54, 1.807) is 0 Å². The molecule has 0 unspecified atom stereocenters. The summed E-state index contributed by atoms with van der Waals surface area (Å²) in [6.45, 7) is 5.16. The summed E-state index contributed by atoms with van der Waals surface area (Å²) in [6, 6.07) is 10.2. The van der Waals surface area contributed by atoms with E-state index in [0.717, 1.165) is 38.7 Å². The monoisotopic (exact) mass is 286 g/mol. The van der Waals surface area contributed by atoms with Crippen LogP contribution in [0.3, 0.4) is 0 Å². The Hall–Kier alpha value is -1.38. The van der Waals surface area contributed by atoms with Crippen LogP contribution in [0.4, 0.5) is 0 Å². The van der Waals surface area contributed by atoms with Crippen molar-refractivity contribution in [1.29, 1.82) is 0 Å². The van der Waals surface area contributed by atoms with Crippen molar-refractivity contribution in [2.24, 2.45) is 0 Å². The summed E-state index contributed by atoms with van der Waals surface area (Å²) >= 11 is 0. The third-order valence-electron chi connectivity index (χ3n) is 4.11. The minimum atomic E-state index is -0.653. The van der Waals surface area contributed by atoms with Crippen molar-refractivity contribution in [1.82, 2.24) is 0 Å². The SMILES string of the molecule is C=CC[C@]1(O)CCCC=C1CCCOCc1ccccc1. The van der Waals surface area contributed by atoms with Crippen LogP contribution >= 0.6 is 0 Å². The van der Waals surface area contributed by atoms with Crippen molar-refractivity contribution in [3.05, 3.63) is 60.2 Å². The Balaban J connectivity index is 1.72. The van der Waals surface area contributed by atoms with Gasteiger partial charge in [0.1, 0.15) is 0 Å². The molecule has 0 amide bonds. The molecule has 0 aliphatic heterocycles. The van der Waals surface area contributed by atoms with Gasteiger partial charge in [-0.05, 0) is 49.7 Å². The number of aliphatic hydroxyl groups is 1. The third kappa shape index (κ3) is 4.83. The smallest absolute Gasteiger partial charge is 0.0891 e. The van der Waals surface area contributed by atoms with Crippen LogP contribution in [0.2, 0.25) is 0 Å². The van der Waals surface area contributed by atoms with Crippen molar-refractivity contribution >= 4 is 0 Å². The maximum atomic E-state index is 10.7. The molecule has 0 aromatic heterocycles. The maximum absolute atomic E-state index is 10.7. The molecule has 21 heavy (non-hydrogen) atoms. The second-order valence-corrected chi connectivity index (χ2v) is 5.79. The van der Waals surface area contributed by atoms with Gasteiger partial charge in [-0.2, -0.15) is 0 Å². The minimum Gasteiger partial charge on any atom is -0.385 e. The molecule has 2 heteroatoms. The first-order valence-electron chi connectivity index (χ1n) is 7.89. The number of hydrogen-bond acceptors (Lipinski definition) is 2. The van der Waals surface area contributed by atoms with Crippen LogP contribution in [0, 0.1) is 0 Å². The van der Waals surface area contributed by atoms with Gasteiger partial charge >= 0.3 is 0 Å². The molecule has 114 valence electrons. The van der Waals surface area contributed by atoms with Crippen LogP contribution in [0.15, 0.2) is 54.6 Å². The molecule has 1 aromatic rings. The van der Waals surface area contributed by atoms with E-state index in [1.807, 2.05) is 24.3 Å². The zero-order valence-electron chi connectivity index (χ0n) is 12.8. The molecule has 1 N–H and O–H groups in total. The van der Waals surface area contributed by atoms with Gasteiger partial charge in [0.15, 0.2) is 0 Å². The van der Waals surface area contributed by atoms with Gasteiger partial charge in [0.05, 0.1) is 12.2 Å². The molecule has 0 heterocycles. The molecular weight excluding hydrogens is 260 g/mol. The predicted octanol–water partition coefficient (Wildman–Crippen LogP) is 4.40. The number of hydrogen-bond donors (Lipinski definition) is 1. The molecule has 0 bridgehead atoms. The van der Waals surface area contributed by atoms with Gasteiger partial charge in [-0.3, -0.25) is 0 Å². The summed E-state index contributed by atoms with van der Waals surface area (Å²) in [5.41, 5.74) is 1.73.